The van der Waals surface area contributed by atoms with Crippen LogP contribution in [0.5, 0.6) is 11.5 Å². The van der Waals surface area contributed by atoms with Crippen LogP contribution in [0.2, 0.25) is 0 Å². The fraction of sp³-hybridized carbons (Fsp3) is 0.556. The number of hydrogen-bond donors (Lipinski definition) is 1. The summed E-state index contributed by atoms with van der Waals surface area (Å²) < 4.78 is 10.6. The number of ether oxygens (including phenoxy) is 2. The molecule has 2 aliphatic heterocycles. The molecule has 1 N–H and O–H groups in total. The minimum Gasteiger partial charge on any atom is -0.497 e. The normalized spacial score (nSPS) is 22.8. The number of rotatable bonds is 4. The molecule has 1 unspecified atom stereocenters. The van der Waals surface area contributed by atoms with Crippen LogP contribution in [-0.2, 0) is 9.59 Å². The van der Waals surface area contributed by atoms with Gasteiger partial charge in [0.15, 0.2) is 0 Å². The second kappa shape index (κ2) is 8.60. The second-order valence-electron chi connectivity index (χ2n) is 6.56. The van der Waals surface area contributed by atoms with E-state index in [2.05, 4.69) is 5.32 Å². The highest BCUT2D eigenvalue weighted by molar-refractivity contribution is 6.00. The molecular formula is C18H26ClN3O4. The van der Waals surface area contributed by atoms with E-state index >= 15 is 0 Å². The Morgan fingerprint density at radius 3 is 2.42 bits per heavy atom. The van der Waals surface area contributed by atoms with E-state index in [9.17, 15) is 9.59 Å². The number of piperazine rings is 1. The van der Waals surface area contributed by atoms with E-state index in [1.807, 2.05) is 11.8 Å². The molecule has 2 saturated heterocycles. The summed E-state index contributed by atoms with van der Waals surface area (Å²) in [6.45, 7) is 4.71. The molecule has 0 saturated carbocycles. The van der Waals surface area contributed by atoms with E-state index in [4.69, 9.17) is 9.47 Å². The summed E-state index contributed by atoms with van der Waals surface area (Å²) in [7, 11) is 3.14. The molecule has 0 bridgehead atoms. The SMILES string of the molecule is COc1cc(OC)cc(N2CC(C(=O)N3CCNC[C@H]3C)CC2=O)c1.Cl. The van der Waals surface area contributed by atoms with Crippen molar-refractivity contribution < 1.29 is 19.1 Å². The summed E-state index contributed by atoms with van der Waals surface area (Å²) in [6.07, 6.45) is 0.245. The van der Waals surface area contributed by atoms with Crippen LogP contribution < -0.4 is 19.7 Å². The molecular weight excluding hydrogens is 358 g/mol. The van der Waals surface area contributed by atoms with E-state index in [0.717, 1.165) is 13.1 Å². The Labute approximate surface area is 160 Å². The van der Waals surface area contributed by atoms with Crippen LogP contribution in [0.1, 0.15) is 13.3 Å². The molecule has 26 heavy (non-hydrogen) atoms. The van der Waals surface area contributed by atoms with Gasteiger partial charge in [-0.3, -0.25) is 9.59 Å². The van der Waals surface area contributed by atoms with Crippen LogP contribution in [0.3, 0.4) is 0 Å². The third-order valence-electron chi connectivity index (χ3n) is 4.91. The molecule has 1 aromatic carbocycles. The molecule has 0 spiro atoms. The Kier molecular flexibility index (Phi) is 6.72. The minimum atomic E-state index is -0.301. The van der Waals surface area contributed by atoms with E-state index in [1.54, 1.807) is 37.3 Å². The van der Waals surface area contributed by atoms with Gasteiger partial charge in [0.1, 0.15) is 11.5 Å². The lowest BCUT2D eigenvalue weighted by atomic mass is 10.1. The molecule has 0 aromatic heterocycles. The topological polar surface area (TPSA) is 71.1 Å². The largest absolute Gasteiger partial charge is 0.497 e. The standard InChI is InChI=1S/C18H25N3O4.ClH/c1-12-10-19-4-5-20(12)18(23)13-6-17(22)21(11-13)14-7-15(24-2)9-16(8-14)25-3;/h7-9,12-13,19H,4-6,10-11H2,1-3H3;1H/t12-,13?;/m1./s1. The summed E-state index contributed by atoms with van der Waals surface area (Å²) in [5, 5.41) is 3.28. The number of carbonyl (C=O) groups excluding carboxylic acids is 2. The van der Waals surface area contributed by atoms with E-state index in [1.165, 1.54) is 0 Å². The smallest absolute Gasteiger partial charge is 0.228 e. The van der Waals surface area contributed by atoms with Gasteiger partial charge in [-0.2, -0.15) is 0 Å². The van der Waals surface area contributed by atoms with Crippen LogP contribution >= 0.6 is 12.4 Å². The first kappa shape index (κ1) is 20.3. The van der Waals surface area contributed by atoms with Gasteiger partial charge in [0.05, 0.1) is 25.8 Å². The van der Waals surface area contributed by atoms with Gasteiger partial charge in [-0.15, -0.1) is 12.4 Å². The summed E-state index contributed by atoms with van der Waals surface area (Å²) >= 11 is 0. The maximum atomic E-state index is 12.8. The minimum absolute atomic E-state index is 0. The van der Waals surface area contributed by atoms with Crippen molar-refractivity contribution in [1.82, 2.24) is 10.2 Å². The number of carbonyl (C=O) groups is 2. The predicted molar refractivity (Wildman–Crippen MR) is 101 cm³/mol. The lowest BCUT2D eigenvalue weighted by Crippen LogP contribution is -2.54. The highest BCUT2D eigenvalue weighted by Gasteiger charge is 2.39. The van der Waals surface area contributed by atoms with Crippen LogP contribution in [0.15, 0.2) is 18.2 Å². The zero-order valence-electron chi connectivity index (χ0n) is 15.4. The van der Waals surface area contributed by atoms with Crippen LogP contribution in [0, 0.1) is 5.92 Å². The number of anilines is 1. The maximum absolute atomic E-state index is 12.8. The van der Waals surface area contributed by atoms with Gasteiger partial charge >= 0.3 is 0 Å². The Balaban J connectivity index is 0.00000243. The number of nitrogens with one attached hydrogen (secondary N) is 1. The molecule has 2 atom stereocenters. The van der Waals surface area contributed by atoms with Crippen molar-refractivity contribution in [3.8, 4) is 11.5 Å². The van der Waals surface area contributed by atoms with Gasteiger partial charge in [-0.25, -0.2) is 0 Å². The van der Waals surface area contributed by atoms with Gasteiger partial charge < -0.3 is 24.6 Å². The first-order valence-corrected chi connectivity index (χ1v) is 8.58. The lowest BCUT2D eigenvalue weighted by Gasteiger charge is -2.35. The van der Waals surface area contributed by atoms with Crippen LogP contribution in [0.4, 0.5) is 5.69 Å². The summed E-state index contributed by atoms with van der Waals surface area (Å²) in [5.41, 5.74) is 0.699. The molecule has 144 valence electrons. The van der Waals surface area contributed by atoms with Crippen molar-refractivity contribution in [2.24, 2.45) is 5.92 Å². The number of hydrogen-bond acceptors (Lipinski definition) is 5. The average molecular weight is 384 g/mol. The monoisotopic (exact) mass is 383 g/mol. The van der Waals surface area contributed by atoms with Crippen molar-refractivity contribution in [2.75, 3.05) is 45.3 Å². The number of amides is 2. The Bertz CT molecular complexity index is 648. The van der Waals surface area contributed by atoms with Crippen LogP contribution in [-0.4, -0.2) is 63.2 Å². The third kappa shape index (κ3) is 4.04. The van der Waals surface area contributed by atoms with Crippen molar-refractivity contribution in [2.45, 2.75) is 19.4 Å². The van der Waals surface area contributed by atoms with E-state index in [0.29, 0.717) is 30.3 Å². The van der Waals surface area contributed by atoms with Gasteiger partial charge in [-0.1, -0.05) is 0 Å². The molecule has 0 radical (unpaired) electrons. The zero-order valence-corrected chi connectivity index (χ0v) is 16.2. The zero-order chi connectivity index (χ0) is 18.0. The Hall–Kier alpha value is -1.99. The molecule has 2 amide bonds. The summed E-state index contributed by atoms with van der Waals surface area (Å²) in [6, 6.07) is 5.50. The lowest BCUT2D eigenvalue weighted by molar-refractivity contribution is -0.138. The van der Waals surface area contributed by atoms with Gasteiger partial charge in [-0.05, 0) is 6.92 Å². The quantitative estimate of drug-likeness (QED) is 0.848. The first-order chi connectivity index (χ1) is 12.0. The molecule has 7 nitrogen and oxygen atoms in total. The fourth-order valence-electron chi connectivity index (χ4n) is 3.47. The predicted octanol–water partition coefficient (Wildman–Crippen LogP) is 1.30. The van der Waals surface area contributed by atoms with E-state index in [-0.39, 0.29) is 42.6 Å². The molecule has 2 aliphatic rings. The van der Waals surface area contributed by atoms with Crippen molar-refractivity contribution >= 4 is 29.9 Å². The van der Waals surface area contributed by atoms with Crippen molar-refractivity contribution in [3.05, 3.63) is 18.2 Å². The number of benzene rings is 1. The average Bonchev–Trinajstić information content (AvgIpc) is 3.02. The van der Waals surface area contributed by atoms with Gasteiger partial charge in [0, 0.05) is 56.8 Å². The fourth-order valence-corrected chi connectivity index (χ4v) is 3.47. The van der Waals surface area contributed by atoms with Crippen LogP contribution in [0.25, 0.3) is 0 Å². The molecule has 0 aliphatic carbocycles. The molecule has 2 heterocycles. The highest BCUT2D eigenvalue weighted by Crippen LogP contribution is 2.33. The number of methoxy groups -OCH3 is 2. The Morgan fingerprint density at radius 2 is 1.85 bits per heavy atom. The summed E-state index contributed by atoms with van der Waals surface area (Å²) in [5.74, 6) is 0.960. The molecule has 1 aromatic rings. The first-order valence-electron chi connectivity index (χ1n) is 8.58. The highest BCUT2D eigenvalue weighted by atomic mass is 35.5. The number of nitrogens with zero attached hydrogens (tertiary/aromatic N) is 2. The Morgan fingerprint density at radius 1 is 1.19 bits per heavy atom. The molecule has 8 heteroatoms. The third-order valence-corrected chi connectivity index (χ3v) is 4.91. The van der Waals surface area contributed by atoms with Gasteiger partial charge in [0.2, 0.25) is 11.8 Å². The van der Waals surface area contributed by atoms with Crippen molar-refractivity contribution in [3.63, 3.8) is 0 Å². The molecule has 3 rings (SSSR count). The second-order valence-corrected chi connectivity index (χ2v) is 6.56. The summed E-state index contributed by atoms with van der Waals surface area (Å²) in [4.78, 5) is 28.9. The maximum Gasteiger partial charge on any atom is 0.228 e. The van der Waals surface area contributed by atoms with Gasteiger partial charge in [0.25, 0.3) is 0 Å². The molecule has 2 fully saturated rings. The van der Waals surface area contributed by atoms with E-state index < -0.39 is 0 Å². The van der Waals surface area contributed by atoms with Crippen molar-refractivity contribution in [1.29, 1.82) is 0 Å². The number of halogens is 1.